The fourth-order valence-electron chi connectivity index (χ4n) is 4.05. The number of carbonyl (C=O) groups excluding carboxylic acids is 1. The van der Waals surface area contributed by atoms with Gasteiger partial charge in [-0.15, -0.1) is 0 Å². The molecular weight excluding hydrogens is 350 g/mol. The molecule has 150 valence electrons. The molecule has 2 aliphatic rings. The number of morpholine rings is 1. The van der Waals surface area contributed by atoms with Crippen LogP contribution in [-0.2, 0) is 9.53 Å². The summed E-state index contributed by atoms with van der Waals surface area (Å²) in [5.41, 5.74) is 0. The Labute approximate surface area is 159 Å². The summed E-state index contributed by atoms with van der Waals surface area (Å²) < 4.78 is 10.5. The SMILES string of the molecule is O=C(O)C[C@@H](CCCC1CCCCC1)c1nc(C(=O)N2CCOCC2)no1. The highest BCUT2D eigenvalue weighted by molar-refractivity contribution is 5.90. The zero-order chi connectivity index (χ0) is 19.1. The van der Waals surface area contributed by atoms with Crippen molar-refractivity contribution in [2.45, 2.75) is 63.7 Å². The third-order valence-corrected chi connectivity index (χ3v) is 5.59. The van der Waals surface area contributed by atoms with E-state index in [2.05, 4.69) is 10.1 Å². The molecule has 27 heavy (non-hydrogen) atoms. The lowest BCUT2D eigenvalue weighted by atomic mass is 9.84. The summed E-state index contributed by atoms with van der Waals surface area (Å²) in [6.07, 6.45) is 9.19. The van der Waals surface area contributed by atoms with Gasteiger partial charge in [-0.05, 0) is 12.3 Å². The van der Waals surface area contributed by atoms with E-state index in [1.807, 2.05) is 0 Å². The first-order valence-electron chi connectivity index (χ1n) is 10.1. The molecule has 1 saturated heterocycles. The molecule has 0 bridgehead atoms. The average Bonchev–Trinajstić information content (AvgIpc) is 3.18. The standard InChI is InChI=1S/C19H29N3O5/c23-16(24)13-15(8-4-7-14-5-2-1-3-6-14)18-20-17(21-27-18)19(25)22-9-11-26-12-10-22/h14-15H,1-13H2,(H,23,24)/t15-/m1/s1. The third-order valence-electron chi connectivity index (χ3n) is 5.59. The van der Waals surface area contributed by atoms with Gasteiger partial charge in [0.1, 0.15) is 0 Å². The van der Waals surface area contributed by atoms with Crippen LogP contribution in [0.25, 0.3) is 0 Å². The predicted molar refractivity (Wildman–Crippen MR) is 96.4 cm³/mol. The summed E-state index contributed by atoms with van der Waals surface area (Å²) in [6, 6.07) is 0. The summed E-state index contributed by atoms with van der Waals surface area (Å²) in [5, 5.41) is 13.0. The minimum atomic E-state index is -0.892. The van der Waals surface area contributed by atoms with E-state index >= 15 is 0 Å². The zero-order valence-electron chi connectivity index (χ0n) is 15.8. The first kappa shape index (κ1) is 19.8. The molecule has 8 nitrogen and oxygen atoms in total. The Morgan fingerprint density at radius 1 is 1.19 bits per heavy atom. The van der Waals surface area contributed by atoms with Crippen LogP contribution in [0.15, 0.2) is 4.52 Å². The van der Waals surface area contributed by atoms with Gasteiger partial charge >= 0.3 is 5.97 Å². The maximum Gasteiger partial charge on any atom is 0.304 e. The average molecular weight is 379 g/mol. The van der Waals surface area contributed by atoms with Gasteiger partial charge in [0.05, 0.1) is 19.6 Å². The molecule has 1 aromatic heterocycles. The maximum atomic E-state index is 12.4. The second-order valence-corrected chi connectivity index (χ2v) is 7.59. The molecule has 2 heterocycles. The normalized spacial score (nSPS) is 19.8. The Morgan fingerprint density at radius 2 is 1.93 bits per heavy atom. The van der Waals surface area contributed by atoms with Crippen molar-refractivity contribution in [3.05, 3.63) is 11.7 Å². The number of amides is 1. The minimum absolute atomic E-state index is 0.00886. The van der Waals surface area contributed by atoms with Gasteiger partial charge in [-0.25, -0.2) is 0 Å². The van der Waals surface area contributed by atoms with Gasteiger partial charge < -0.3 is 19.3 Å². The van der Waals surface area contributed by atoms with E-state index in [1.54, 1.807) is 4.90 Å². The van der Waals surface area contributed by atoms with E-state index in [4.69, 9.17) is 9.26 Å². The van der Waals surface area contributed by atoms with Crippen molar-refractivity contribution in [3.8, 4) is 0 Å². The fourth-order valence-corrected chi connectivity index (χ4v) is 4.05. The number of carboxylic acids is 1. The highest BCUT2D eigenvalue weighted by atomic mass is 16.5. The van der Waals surface area contributed by atoms with Crippen molar-refractivity contribution in [1.29, 1.82) is 0 Å². The number of nitrogens with zero attached hydrogens (tertiary/aromatic N) is 3. The summed E-state index contributed by atoms with van der Waals surface area (Å²) in [6.45, 7) is 2.00. The smallest absolute Gasteiger partial charge is 0.304 e. The van der Waals surface area contributed by atoms with Crippen molar-refractivity contribution in [2.24, 2.45) is 5.92 Å². The number of hydrogen-bond acceptors (Lipinski definition) is 6. The van der Waals surface area contributed by atoms with Gasteiger partial charge in [0.2, 0.25) is 5.89 Å². The molecule has 0 radical (unpaired) electrons. The predicted octanol–water partition coefficient (Wildman–Crippen LogP) is 2.85. The molecule has 2 fully saturated rings. The van der Waals surface area contributed by atoms with E-state index in [0.717, 1.165) is 18.8 Å². The lowest BCUT2D eigenvalue weighted by Crippen LogP contribution is -2.41. The number of carboxylic acid groups (broad SMARTS) is 1. The van der Waals surface area contributed by atoms with Gasteiger partial charge in [0, 0.05) is 19.0 Å². The quantitative estimate of drug-likeness (QED) is 0.740. The van der Waals surface area contributed by atoms with Crippen molar-refractivity contribution in [2.75, 3.05) is 26.3 Å². The molecule has 8 heteroatoms. The Bertz CT molecular complexity index is 621. The number of aromatic nitrogens is 2. The first-order chi connectivity index (χ1) is 13.1. The third kappa shape index (κ3) is 5.76. The van der Waals surface area contributed by atoms with Crippen LogP contribution in [0.5, 0.6) is 0 Å². The summed E-state index contributed by atoms with van der Waals surface area (Å²) in [5.74, 6) is -0.496. The van der Waals surface area contributed by atoms with Crippen LogP contribution in [0.4, 0.5) is 0 Å². The van der Waals surface area contributed by atoms with Gasteiger partial charge in [-0.3, -0.25) is 9.59 Å². The van der Waals surface area contributed by atoms with Crippen LogP contribution in [0, 0.1) is 5.92 Å². The van der Waals surface area contributed by atoms with E-state index in [9.17, 15) is 14.7 Å². The minimum Gasteiger partial charge on any atom is -0.481 e. The van der Waals surface area contributed by atoms with Crippen LogP contribution in [0.3, 0.4) is 0 Å². The molecule has 1 N–H and O–H groups in total. The molecule has 1 atom stereocenters. The number of rotatable bonds is 8. The maximum absolute atomic E-state index is 12.4. The van der Waals surface area contributed by atoms with E-state index < -0.39 is 5.97 Å². The summed E-state index contributed by atoms with van der Waals surface area (Å²) in [4.78, 5) is 29.6. The Balaban J connectivity index is 1.57. The molecular formula is C19H29N3O5. The van der Waals surface area contributed by atoms with Gasteiger partial charge in [-0.2, -0.15) is 4.98 Å². The fraction of sp³-hybridized carbons (Fsp3) is 0.789. The monoisotopic (exact) mass is 379 g/mol. The molecule has 1 aliphatic carbocycles. The number of hydrogen-bond donors (Lipinski definition) is 1. The highest BCUT2D eigenvalue weighted by Gasteiger charge is 2.27. The van der Waals surface area contributed by atoms with Crippen molar-refractivity contribution >= 4 is 11.9 Å². The van der Waals surface area contributed by atoms with Crippen LogP contribution in [0.2, 0.25) is 0 Å². The lowest BCUT2D eigenvalue weighted by Gasteiger charge is -2.25. The molecule has 0 aromatic carbocycles. The molecule has 1 aromatic rings. The Kier molecular flexibility index (Phi) is 7.20. The van der Waals surface area contributed by atoms with Crippen molar-refractivity contribution < 1.29 is 24.0 Å². The molecule has 3 rings (SSSR count). The highest BCUT2D eigenvalue weighted by Crippen LogP contribution is 2.31. The second-order valence-electron chi connectivity index (χ2n) is 7.59. The second kappa shape index (κ2) is 9.82. The zero-order valence-corrected chi connectivity index (χ0v) is 15.8. The molecule has 1 amide bonds. The topological polar surface area (TPSA) is 106 Å². The lowest BCUT2D eigenvalue weighted by molar-refractivity contribution is -0.137. The van der Waals surface area contributed by atoms with Crippen molar-refractivity contribution in [3.63, 3.8) is 0 Å². The molecule has 0 unspecified atom stereocenters. The number of carbonyl (C=O) groups is 2. The van der Waals surface area contributed by atoms with E-state index in [0.29, 0.717) is 32.7 Å². The van der Waals surface area contributed by atoms with Crippen LogP contribution < -0.4 is 0 Å². The molecule has 1 aliphatic heterocycles. The van der Waals surface area contributed by atoms with E-state index in [-0.39, 0.29) is 30.0 Å². The number of aliphatic carboxylic acids is 1. The Hall–Kier alpha value is -1.96. The van der Waals surface area contributed by atoms with Crippen molar-refractivity contribution in [1.82, 2.24) is 15.0 Å². The summed E-state index contributed by atoms with van der Waals surface area (Å²) in [7, 11) is 0. The van der Waals surface area contributed by atoms with E-state index in [1.165, 1.54) is 32.1 Å². The van der Waals surface area contributed by atoms with Gasteiger partial charge in [0.25, 0.3) is 11.7 Å². The molecule has 0 spiro atoms. The summed E-state index contributed by atoms with van der Waals surface area (Å²) >= 11 is 0. The van der Waals surface area contributed by atoms with Gasteiger partial charge in [-0.1, -0.05) is 50.1 Å². The number of ether oxygens (including phenoxy) is 1. The van der Waals surface area contributed by atoms with Crippen LogP contribution in [0.1, 0.15) is 80.2 Å². The first-order valence-corrected chi connectivity index (χ1v) is 10.1. The van der Waals surface area contributed by atoms with Gasteiger partial charge in [0.15, 0.2) is 0 Å². The van der Waals surface area contributed by atoms with Crippen LogP contribution in [-0.4, -0.2) is 58.3 Å². The van der Waals surface area contributed by atoms with Crippen LogP contribution >= 0.6 is 0 Å². The largest absolute Gasteiger partial charge is 0.481 e. The molecule has 1 saturated carbocycles. The Morgan fingerprint density at radius 3 is 2.63 bits per heavy atom.